The van der Waals surface area contributed by atoms with Gasteiger partial charge in [0.25, 0.3) is 5.91 Å². The molecule has 5 heteroatoms. The molecule has 2 N–H and O–H groups in total. The van der Waals surface area contributed by atoms with Gasteiger partial charge in [0.1, 0.15) is 5.69 Å². The van der Waals surface area contributed by atoms with Crippen LogP contribution in [0.15, 0.2) is 23.0 Å². The van der Waals surface area contributed by atoms with Crippen LogP contribution in [0.3, 0.4) is 0 Å². The van der Waals surface area contributed by atoms with Gasteiger partial charge >= 0.3 is 0 Å². The number of aromatic amines is 1. The molecule has 1 heterocycles. The first kappa shape index (κ1) is 14.4. The summed E-state index contributed by atoms with van der Waals surface area (Å²) in [5.41, 5.74) is 0.0138. The number of ether oxygens (including phenoxy) is 1. The first-order chi connectivity index (χ1) is 8.74. The maximum atomic E-state index is 11.6. The van der Waals surface area contributed by atoms with Crippen LogP contribution in [0.4, 0.5) is 0 Å². The molecule has 0 bridgehead atoms. The molecule has 0 saturated carbocycles. The molecule has 1 amide bonds. The molecule has 0 radical (unpaired) electrons. The molecule has 0 aliphatic carbocycles. The minimum absolute atomic E-state index is 0.263. The third-order valence-corrected chi connectivity index (χ3v) is 2.41. The quantitative estimate of drug-likeness (QED) is 0.685. The molecule has 0 aromatic carbocycles. The van der Waals surface area contributed by atoms with Crippen molar-refractivity contribution in [1.82, 2.24) is 10.3 Å². The summed E-state index contributed by atoms with van der Waals surface area (Å²) < 4.78 is 5.37. The molecule has 0 aliphatic heterocycles. The van der Waals surface area contributed by atoms with Crippen LogP contribution in [0.5, 0.6) is 0 Å². The van der Waals surface area contributed by atoms with Crippen molar-refractivity contribution in [2.24, 2.45) is 0 Å². The van der Waals surface area contributed by atoms with Gasteiger partial charge in [-0.2, -0.15) is 0 Å². The van der Waals surface area contributed by atoms with Crippen LogP contribution in [-0.2, 0) is 4.74 Å². The van der Waals surface area contributed by atoms with E-state index in [1.807, 2.05) is 0 Å². The highest BCUT2D eigenvalue weighted by atomic mass is 16.5. The molecule has 0 saturated heterocycles. The minimum atomic E-state index is -0.273. The first-order valence-electron chi connectivity index (χ1n) is 6.29. The van der Waals surface area contributed by atoms with Crippen molar-refractivity contribution in [3.63, 3.8) is 0 Å². The van der Waals surface area contributed by atoms with Gasteiger partial charge in [0, 0.05) is 25.8 Å². The normalized spacial score (nSPS) is 10.3. The van der Waals surface area contributed by atoms with Crippen molar-refractivity contribution >= 4 is 5.91 Å². The Balaban J connectivity index is 2.16. The van der Waals surface area contributed by atoms with E-state index in [2.05, 4.69) is 17.2 Å². The standard InChI is InChI=1S/C13H20N2O3/c1-2-3-9-18-10-5-8-14-13(17)11-6-4-7-12(16)15-11/h4,6-7H,2-3,5,8-10H2,1H3,(H,14,17)(H,15,16). The third-order valence-electron chi connectivity index (χ3n) is 2.41. The number of carbonyl (C=O) groups is 1. The second-order valence-corrected chi connectivity index (χ2v) is 4.00. The third kappa shape index (κ3) is 5.63. The van der Waals surface area contributed by atoms with Gasteiger partial charge in [-0.3, -0.25) is 9.59 Å². The molecule has 5 nitrogen and oxygen atoms in total. The summed E-state index contributed by atoms with van der Waals surface area (Å²) >= 11 is 0. The Morgan fingerprint density at radius 2 is 2.11 bits per heavy atom. The number of hydrogen-bond acceptors (Lipinski definition) is 3. The monoisotopic (exact) mass is 252 g/mol. The van der Waals surface area contributed by atoms with E-state index in [1.54, 1.807) is 12.1 Å². The van der Waals surface area contributed by atoms with Crippen LogP contribution in [0, 0.1) is 0 Å². The summed E-state index contributed by atoms with van der Waals surface area (Å²) in [5.74, 6) is -0.263. The van der Waals surface area contributed by atoms with Gasteiger partial charge in [-0.15, -0.1) is 0 Å². The molecule has 1 rings (SSSR count). The van der Waals surface area contributed by atoms with Crippen LogP contribution in [0.1, 0.15) is 36.7 Å². The Morgan fingerprint density at radius 1 is 1.33 bits per heavy atom. The molecule has 0 atom stereocenters. The van der Waals surface area contributed by atoms with Gasteiger partial charge in [0.2, 0.25) is 5.56 Å². The zero-order chi connectivity index (χ0) is 13.2. The lowest BCUT2D eigenvalue weighted by Gasteiger charge is -2.05. The van der Waals surface area contributed by atoms with E-state index in [1.165, 1.54) is 6.07 Å². The van der Waals surface area contributed by atoms with Crippen LogP contribution in [-0.4, -0.2) is 30.6 Å². The molecular weight excluding hydrogens is 232 g/mol. The summed E-state index contributed by atoms with van der Waals surface area (Å²) in [6.45, 7) is 4.08. The second kappa shape index (κ2) is 8.47. The molecule has 0 spiro atoms. The summed E-state index contributed by atoms with van der Waals surface area (Å²) in [6, 6.07) is 4.51. The largest absolute Gasteiger partial charge is 0.381 e. The SMILES string of the molecule is CCCCOCCCNC(=O)c1cccc(=O)[nH]1. The van der Waals surface area contributed by atoms with Crippen LogP contribution < -0.4 is 10.9 Å². The van der Waals surface area contributed by atoms with Crippen molar-refractivity contribution in [3.8, 4) is 0 Å². The van der Waals surface area contributed by atoms with Crippen molar-refractivity contribution in [3.05, 3.63) is 34.2 Å². The van der Waals surface area contributed by atoms with Crippen LogP contribution in [0.2, 0.25) is 0 Å². The Kier molecular flexibility index (Phi) is 6.79. The molecule has 0 fully saturated rings. The van der Waals surface area contributed by atoms with E-state index in [9.17, 15) is 9.59 Å². The molecule has 1 aromatic rings. The van der Waals surface area contributed by atoms with Crippen LogP contribution >= 0.6 is 0 Å². The fourth-order valence-corrected chi connectivity index (χ4v) is 1.40. The van der Waals surface area contributed by atoms with Crippen molar-refractivity contribution in [2.45, 2.75) is 26.2 Å². The average molecular weight is 252 g/mol. The van der Waals surface area contributed by atoms with Crippen LogP contribution in [0.25, 0.3) is 0 Å². The summed E-state index contributed by atoms with van der Waals surface area (Å²) in [5, 5.41) is 2.73. The lowest BCUT2D eigenvalue weighted by atomic mass is 10.3. The lowest BCUT2D eigenvalue weighted by molar-refractivity contribution is 0.0935. The zero-order valence-electron chi connectivity index (χ0n) is 10.7. The number of H-pyrrole nitrogens is 1. The highest BCUT2D eigenvalue weighted by Gasteiger charge is 2.04. The van der Waals surface area contributed by atoms with E-state index in [0.29, 0.717) is 13.2 Å². The average Bonchev–Trinajstić information content (AvgIpc) is 2.37. The first-order valence-corrected chi connectivity index (χ1v) is 6.29. The fourth-order valence-electron chi connectivity index (χ4n) is 1.40. The maximum Gasteiger partial charge on any atom is 0.267 e. The number of hydrogen-bond donors (Lipinski definition) is 2. The Bertz CT molecular complexity index is 415. The number of carbonyl (C=O) groups excluding carboxylic acids is 1. The van der Waals surface area contributed by atoms with Gasteiger partial charge < -0.3 is 15.0 Å². The molecule has 0 aliphatic rings. The number of amides is 1. The minimum Gasteiger partial charge on any atom is -0.381 e. The summed E-state index contributed by atoms with van der Waals surface area (Å²) in [6.07, 6.45) is 2.96. The van der Waals surface area contributed by atoms with E-state index in [0.717, 1.165) is 25.9 Å². The lowest BCUT2D eigenvalue weighted by Crippen LogP contribution is -2.27. The van der Waals surface area contributed by atoms with Gasteiger partial charge in [-0.1, -0.05) is 19.4 Å². The van der Waals surface area contributed by atoms with Crippen molar-refractivity contribution in [2.75, 3.05) is 19.8 Å². The van der Waals surface area contributed by atoms with Crippen molar-refractivity contribution in [1.29, 1.82) is 0 Å². The van der Waals surface area contributed by atoms with Gasteiger partial charge in [-0.25, -0.2) is 0 Å². The molecular formula is C13H20N2O3. The Hall–Kier alpha value is -1.62. The second-order valence-electron chi connectivity index (χ2n) is 4.00. The smallest absolute Gasteiger partial charge is 0.267 e. The van der Waals surface area contributed by atoms with E-state index < -0.39 is 0 Å². The van der Waals surface area contributed by atoms with Gasteiger partial charge in [0.15, 0.2) is 0 Å². The predicted molar refractivity (Wildman–Crippen MR) is 69.7 cm³/mol. The highest BCUT2D eigenvalue weighted by molar-refractivity contribution is 5.92. The zero-order valence-corrected chi connectivity index (χ0v) is 10.7. The number of unbranched alkanes of at least 4 members (excludes halogenated alkanes) is 1. The topological polar surface area (TPSA) is 71.2 Å². The van der Waals surface area contributed by atoms with E-state index >= 15 is 0 Å². The number of pyridine rings is 1. The molecule has 0 unspecified atom stereocenters. The predicted octanol–water partition coefficient (Wildman–Crippen LogP) is 1.31. The summed E-state index contributed by atoms with van der Waals surface area (Å²) in [7, 11) is 0. The number of nitrogens with one attached hydrogen (secondary N) is 2. The Labute approximate surface area is 107 Å². The van der Waals surface area contributed by atoms with E-state index in [-0.39, 0.29) is 17.2 Å². The molecule has 100 valence electrons. The fraction of sp³-hybridized carbons (Fsp3) is 0.538. The molecule has 1 aromatic heterocycles. The van der Waals surface area contributed by atoms with Gasteiger partial charge in [0.05, 0.1) is 0 Å². The summed E-state index contributed by atoms with van der Waals surface area (Å²) in [4.78, 5) is 25.1. The Morgan fingerprint density at radius 3 is 2.83 bits per heavy atom. The van der Waals surface area contributed by atoms with Gasteiger partial charge in [-0.05, 0) is 18.9 Å². The highest BCUT2D eigenvalue weighted by Crippen LogP contribution is 1.91. The number of rotatable bonds is 8. The van der Waals surface area contributed by atoms with Crippen molar-refractivity contribution < 1.29 is 9.53 Å². The molecule has 18 heavy (non-hydrogen) atoms. The number of aromatic nitrogens is 1. The maximum absolute atomic E-state index is 11.6. The van der Waals surface area contributed by atoms with E-state index in [4.69, 9.17) is 4.74 Å².